The first-order valence-corrected chi connectivity index (χ1v) is 4.27. The number of halogens is 3. The number of rotatable bonds is 2. The van der Waals surface area contributed by atoms with Crippen LogP contribution in [0.15, 0.2) is 18.2 Å². The van der Waals surface area contributed by atoms with E-state index in [9.17, 15) is 13.2 Å². The first-order chi connectivity index (χ1) is 7.49. The van der Waals surface area contributed by atoms with Gasteiger partial charge in [0.2, 0.25) is 0 Å². The van der Waals surface area contributed by atoms with E-state index in [0.29, 0.717) is 5.69 Å². The van der Waals surface area contributed by atoms with Crippen molar-refractivity contribution < 1.29 is 13.2 Å². The van der Waals surface area contributed by atoms with E-state index >= 15 is 0 Å². The largest absolute Gasteiger partial charge is 0.417 e. The van der Waals surface area contributed by atoms with Gasteiger partial charge in [-0.15, -0.1) is 6.42 Å². The van der Waals surface area contributed by atoms with Crippen LogP contribution in [-0.2, 0) is 6.18 Å². The summed E-state index contributed by atoms with van der Waals surface area (Å²) in [6.07, 6.45) is 0.470. The minimum absolute atomic E-state index is 0.191. The smallest absolute Gasteiger partial charge is 0.374 e. The molecule has 0 atom stereocenters. The fourth-order valence-corrected chi connectivity index (χ4v) is 1.15. The molecule has 0 aliphatic rings. The summed E-state index contributed by atoms with van der Waals surface area (Å²) >= 11 is 0. The fraction of sp³-hybridized carbons (Fsp3) is 0.182. The van der Waals surface area contributed by atoms with Gasteiger partial charge in [-0.25, -0.2) is 0 Å². The van der Waals surface area contributed by atoms with Gasteiger partial charge in [0.1, 0.15) is 0 Å². The number of nitriles is 1. The van der Waals surface area contributed by atoms with E-state index in [2.05, 4.69) is 11.2 Å². The van der Waals surface area contributed by atoms with Gasteiger partial charge in [0, 0.05) is 5.69 Å². The van der Waals surface area contributed by atoms with Crippen molar-refractivity contribution in [2.24, 2.45) is 0 Å². The molecule has 0 fully saturated rings. The number of nitrogens with one attached hydrogen (secondary N) is 1. The maximum Gasteiger partial charge on any atom is 0.417 e. The fourth-order valence-electron chi connectivity index (χ4n) is 1.15. The molecule has 0 saturated heterocycles. The Morgan fingerprint density at radius 1 is 1.38 bits per heavy atom. The molecule has 1 rings (SSSR count). The second-order valence-electron chi connectivity index (χ2n) is 2.93. The van der Waals surface area contributed by atoms with E-state index < -0.39 is 17.3 Å². The van der Waals surface area contributed by atoms with Crippen LogP contribution in [0.3, 0.4) is 0 Å². The molecule has 2 nitrogen and oxygen atoms in total. The molecule has 0 radical (unpaired) electrons. The number of alkyl halides is 3. The molecule has 0 spiro atoms. The van der Waals surface area contributed by atoms with Gasteiger partial charge in [-0.05, 0) is 18.2 Å². The maximum atomic E-state index is 12.4. The highest BCUT2D eigenvalue weighted by atomic mass is 19.4. The van der Waals surface area contributed by atoms with E-state index in [1.165, 1.54) is 12.1 Å². The van der Waals surface area contributed by atoms with E-state index in [1.54, 1.807) is 0 Å². The second-order valence-corrected chi connectivity index (χ2v) is 2.93. The second kappa shape index (κ2) is 4.59. The van der Waals surface area contributed by atoms with E-state index in [1.807, 2.05) is 0 Å². The predicted octanol–water partition coefficient (Wildman–Crippen LogP) is 2.62. The quantitative estimate of drug-likeness (QED) is 0.784. The third kappa shape index (κ3) is 2.68. The molecule has 0 amide bonds. The molecule has 0 aliphatic heterocycles. The monoisotopic (exact) mass is 224 g/mol. The van der Waals surface area contributed by atoms with Crippen molar-refractivity contribution in [2.75, 3.05) is 11.9 Å². The molecule has 16 heavy (non-hydrogen) atoms. The number of hydrogen-bond donors (Lipinski definition) is 1. The van der Waals surface area contributed by atoms with Crippen molar-refractivity contribution >= 4 is 5.69 Å². The SMILES string of the molecule is C#CCNc1ccc(C(F)(F)F)c(C#N)c1. The summed E-state index contributed by atoms with van der Waals surface area (Å²) in [6.45, 7) is 0.191. The molecule has 0 unspecified atom stereocenters. The van der Waals surface area contributed by atoms with Crippen molar-refractivity contribution in [3.05, 3.63) is 29.3 Å². The van der Waals surface area contributed by atoms with Gasteiger partial charge in [-0.3, -0.25) is 0 Å². The van der Waals surface area contributed by atoms with Crippen molar-refractivity contribution in [3.63, 3.8) is 0 Å². The zero-order chi connectivity index (χ0) is 12.2. The standard InChI is InChI=1S/C11H7F3N2/c1-2-5-16-9-3-4-10(11(12,13)14)8(6-9)7-15/h1,3-4,6,16H,5H2. The average Bonchev–Trinajstić information content (AvgIpc) is 2.24. The molecule has 0 heterocycles. The number of terminal acetylenes is 1. The number of benzene rings is 1. The molecular formula is C11H7F3N2. The molecule has 1 aromatic carbocycles. The van der Waals surface area contributed by atoms with Gasteiger partial charge in [-0.1, -0.05) is 5.92 Å². The summed E-state index contributed by atoms with van der Waals surface area (Å²) in [4.78, 5) is 0. The topological polar surface area (TPSA) is 35.8 Å². The molecule has 1 aromatic rings. The van der Waals surface area contributed by atoms with Gasteiger partial charge in [0.15, 0.2) is 0 Å². The van der Waals surface area contributed by atoms with Crippen LogP contribution in [0.25, 0.3) is 0 Å². The normalized spacial score (nSPS) is 10.3. The molecular weight excluding hydrogens is 217 g/mol. The lowest BCUT2D eigenvalue weighted by molar-refractivity contribution is -0.137. The van der Waals surface area contributed by atoms with Crippen molar-refractivity contribution in [3.8, 4) is 18.4 Å². The summed E-state index contributed by atoms with van der Waals surface area (Å²) in [5.41, 5.74) is -0.974. The lowest BCUT2D eigenvalue weighted by Crippen LogP contribution is -2.08. The van der Waals surface area contributed by atoms with Gasteiger partial charge >= 0.3 is 6.18 Å². The van der Waals surface area contributed by atoms with Crippen LogP contribution in [0.5, 0.6) is 0 Å². The van der Waals surface area contributed by atoms with Crippen LogP contribution in [0.2, 0.25) is 0 Å². The van der Waals surface area contributed by atoms with Crippen LogP contribution in [0.4, 0.5) is 18.9 Å². The molecule has 0 bridgehead atoms. The molecule has 82 valence electrons. The lowest BCUT2D eigenvalue weighted by Gasteiger charge is -2.10. The number of anilines is 1. The number of hydrogen-bond acceptors (Lipinski definition) is 2. The summed E-state index contributed by atoms with van der Waals surface area (Å²) in [7, 11) is 0. The zero-order valence-corrected chi connectivity index (χ0v) is 8.10. The van der Waals surface area contributed by atoms with Crippen molar-refractivity contribution in [2.45, 2.75) is 6.18 Å². The number of nitrogens with zero attached hydrogens (tertiary/aromatic N) is 1. The molecule has 0 aliphatic carbocycles. The Balaban J connectivity index is 3.10. The van der Waals surface area contributed by atoms with E-state index in [-0.39, 0.29) is 6.54 Å². The molecule has 1 N–H and O–H groups in total. The van der Waals surface area contributed by atoms with Crippen LogP contribution in [0.1, 0.15) is 11.1 Å². The van der Waals surface area contributed by atoms with Crippen LogP contribution < -0.4 is 5.32 Å². The Labute approximate surface area is 90.7 Å². The van der Waals surface area contributed by atoms with Crippen LogP contribution in [-0.4, -0.2) is 6.54 Å². The highest BCUT2D eigenvalue weighted by molar-refractivity contribution is 5.54. The Bertz CT molecular complexity index is 464. The third-order valence-electron chi connectivity index (χ3n) is 1.84. The van der Waals surface area contributed by atoms with E-state index in [0.717, 1.165) is 12.1 Å². The Kier molecular flexibility index (Phi) is 3.42. The molecule has 0 saturated carbocycles. The van der Waals surface area contributed by atoms with Gasteiger partial charge in [-0.2, -0.15) is 18.4 Å². The summed E-state index contributed by atoms with van der Waals surface area (Å²) < 4.78 is 37.2. The summed E-state index contributed by atoms with van der Waals surface area (Å²) in [5.74, 6) is 2.28. The molecule has 0 aromatic heterocycles. The highest BCUT2D eigenvalue weighted by Crippen LogP contribution is 2.32. The minimum atomic E-state index is -4.52. The zero-order valence-electron chi connectivity index (χ0n) is 8.10. The highest BCUT2D eigenvalue weighted by Gasteiger charge is 2.33. The van der Waals surface area contributed by atoms with Gasteiger partial charge in [0.05, 0.1) is 23.7 Å². The maximum absolute atomic E-state index is 12.4. The first-order valence-electron chi connectivity index (χ1n) is 4.27. The molecule has 5 heteroatoms. The first kappa shape index (κ1) is 11.9. The Morgan fingerprint density at radius 2 is 2.06 bits per heavy atom. The minimum Gasteiger partial charge on any atom is -0.374 e. The summed E-state index contributed by atoms with van der Waals surface area (Å²) in [5, 5.41) is 11.3. The Hall–Kier alpha value is -2.14. The third-order valence-corrected chi connectivity index (χ3v) is 1.84. The average molecular weight is 224 g/mol. The lowest BCUT2D eigenvalue weighted by atomic mass is 10.1. The van der Waals surface area contributed by atoms with E-state index in [4.69, 9.17) is 11.7 Å². The Morgan fingerprint density at radius 3 is 2.56 bits per heavy atom. The predicted molar refractivity (Wildman–Crippen MR) is 53.5 cm³/mol. The van der Waals surface area contributed by atoms with Gasteiger partial charge in [0.25, 0.3) is 0 Å². The van der Waals surface area contributed by atoms with Crippen LogP contribution >= 0.6 is 0 Å². The van der Waals surface area contributed by atoms with Gasteiger partial charge < -0.3 is 5.32 Å². The van der Waals surface area contributed by atoms with Crippen LogP contribution in [0, 0.1) is 23.7 Å². The van der Waals surface area contributed by atoms with Crippen molar-refractivity contribution in [1.29, 1.82) is 5.26 Å². The summed E-state index contributed by atoms with van der Waals surface area (Å²) in [6, 6.07) is 4.73. The van der Waals surface area contributed by atoms with Crippen molar-refractivity contribution in [1.82, 2.24) is 0 Å².